The van der Waals surface area contributed by atoms with Crippen LogP contribution in [0.4, 0.5) is 0 Å². The second-order valence-electron chi connectivity index (χ2n) is 6.00. The topological polar surface area (TPSA) is 50.5 Å². The Kier molecular flexibility index (Phi) is 3.37. The molecule has 1 aliphatic rings. The van der Waals surface area contributed by atoms with E-state index in [9.17, 15) is 9.59 Å². The summed E-state index contributed by atoms with van der Waals surface area (Å²) in [5.74, 6) is -0.215. The average Bonchev–Trinajstić information content (AvgIpc) is 2.61. The number of carbonyl (C=O) groups excluding carboxylic acids is 1. The van der Waals surface area contributed by atoms with Crippen molar-refractivity contribution in [3.05, 3.63) is 58.4 Å². The molecular weight excluding hydrogens is 290 g/mol. The molecule has 4 nitrogen and oxygen atoms in total. The lowest BCUT2D eigenvalue weighted by Crippen LogP contribution is -2.37. The first kappa shape index (κ1) is 14.0. The van der Waals surface area contributed by atoms with E-state index in [4.69, 9.17) is 4.42 Å². The number of piperidine rings is 1. The van der Waals surface area contributed by atoms with Crippen LogP contribution in [0.15, 0.2) is 51.7 Å². The zero-order valence-corrected chi connectivity index (χ0v) is 12.7. The Balaban J connectivity index is 1.89. The highest BCUT2D eigenvalue weighted by molar-refractivity contribution is 6.07. The van der Waals surface area contributed by atoms with Crippen molar-refractivity contribution in [1.82, 2.24) is 4.90 Å². The minimum Gasteiger partial charge on any atom is -0.422 e. The molecule has 1 aromatic heterocycles. The molecule has 0 spiro atoms. The minimum absolute atomic E-state index is 0.135. The zero-order chi connectivity index (χ0) is 15.8. The highest BCUT2D eigenvalue weighted by atomic mass is 16.4. The summed E-state index contributed by atoms with van der Waals surface area (Å²) in [7, 11) is 0. The summed E-state index contributed by atoms with van der Waals surface area (Å²) < 4.78 is 5.41. The van der Waals surface area contributed by atoms with Crippen LogP contribution in [0.2, 0.25) is 0 Å². The Labute approximate surface area is 133 Å². The molecule has 0 unspecified atom stereocenters. The number of fused-ring (bicyclic) bond motifs is 3. The molecule has 2 heterocycles. The van der Waals surface area contributed by atoms with Gasteiger partial charge in [-0.1, -0.05) is 30.3 Å². The van der Waals surface area contributed by atoms with Crippen LogP contribution >= 0.6 is 0 Å². The molecule has 1 aliphatic heterocycles. The number of hydrogen-bond donors (Lipinski definition) is 0. The van der Waals surface area contributed by atoms with Gasteiger partial charge in [0.2, 0.25) is 0 Å². The van der Waals surface area contributed by atoms with Crippen molar-refractivity contribution in [1.29, 1.82) is 0 Å². The summed E-state index contributed by atoms with van der Waals surface area (Å²) in [5, 5.41) is 2.86. The van der Waals surface area contributed by atoms with Gasteiger partial charge in [-0.25, -0.2) is 4.79 Å². The van der Waals surface area contributed by atoms with Crippen molar-refractivity contribution >= 4 is 27.6 Å². The lowest BCUT2D eigenvalue weighted by atomic mass is 10.0. The molecule has 0 aliphatic carbocycles. The fourth-order valence-electron chi connectivity index (χ4n) is 3.29. The van der Waals surface area contributed by atoms with E-state index in [0.717, 1.165) is 35.4 Å². The molecule has 0 N–H and O–H groups in total. The molecule has 1 saturated heterocycles. The summed E-state index contributed by atoms with van der Waals surface area (Å²) in [6.45, 7) is 1.43. The standard InChI is InChI=1S/C19H17NO3/c21-18(20-10-4-1-5-11-20)16-12-15-14-7-3-2-6-13(14)8-9-17(15)23-19(16)22/h2-3,6-9,12H,1,4-5,10-11H2. The van der Waals surface area contributed by atoms with Gasteiger partial charge in [-0.15, -0.1) is 0 Å². The van der Waals surface area contributed by atoms with Gasteiger partial charge in [0.05, 0.1) is 0 Å². The quantitative estimate of drug-likeness (QED) is 0.510. The number of benzene rings is 2. The summed E-state index contributed by atoms with van der Waals surface area (Å²) in [6.07, 6.45) is 3.13. The largest absolute Gasteiger partial charge is 0.422 e. The Morgan fingerprint density at radius 3 is 2.57 bits per heavy atom. The molecule has 1 fully saturated rings. The van der Waals surface area contributed by atoms with Gasteiger partial charge in [-0.05, 0) is 42.2 Å². The Morgan fingerprint density at radius 1 is 0.957 bits per heavy atom. The van der Waals surface area contributed by atoms with Gasteiger partial charge in [0.1, 0.15) is 11.1 Å². The smallest absolute Gasteiger partial charge is 0.349 e. The van der Waals surface area contributed by atoms with Gasteiger partial charge in [0, 0.05) is 18.5 Å². The van der Waals surface area contributed by atoms with Crippen LogP contribution in [0.25, 0.3) is 21.7 Å². The number of carbonyl (C=O) groups is 1. The molecule has 0 atom stereocenters. The van der Waals surface area contributed by atoms with E-state index in [1.807, 2.05) is 30.3 Å². The van der Waals surface area contributed by atoms with Crippen molar-refractivity contribution in [2.24, 2.45) is 0 Å². The Morgan fingerprint density at radius 2 is 1.74 bits per heavy atom. The van der Waals surface area contributed by atoms with Gasteiger partial charge >= 0.3 is 5.63 Å². The van der Waals surface area contributed by atoms with Gasteiger partial charge in [0.25, 0.3) is 5.91 Å². The fourth-order valence-corrected chi connectivity index (χ4v) is 3.29. The van der Waals surface area contributed by atoms with E-state index in [2.05, 4.69) is 0 Å². The first-order valence-electron chi connectivity index (χ1n) is 7.99. The fraction of sp³-hybridized carbons (Fsp3) is 0.263. The number of nitrogens with zero attached hydrogens (tertiary/aromatic N) is 1. The van der Waals surface area contributed by atoms with Crippen LogP contribution in [0.1, 0.15) is 29.6 Å². The second kappa shape index (κ2) is 5.54. The third-order valence-electron chi connectivity index (χ3n) is 4.52. The molecule has 0 radical (unpaired) electrons. The lowest BCUT2D eigenvalue weighted by molar-refractivity contribution is 0.0720. The molecule has 116 valence electrons. The van der Waals surface area contributed by atoms with Gasteiger partial charge in [-0.2, -0.15) is 0 Å². The van der Waals surface area contributed by atoms with E-state index in [1.165, 1.54) is 0 Å². The molecule has 2 aromatic carbocycles. The molecule has 1 amide bonds. The predicted octanol–water partition coefficient (Wildman–Crippen LogP) is 3.57. The monoisotopic (exact) mass is 307 g/mol. The van der Waals surface area contributed by atoms with Crippen molar-refractivity contribution in [3.8, 4) is 0 Å². The SMILES string of the molecule is O=C(c1cc2c(ccc3ccccc32)oc1=O)N1CCCCC1. The second-order valence-corrected chi connectivity index (χ2v) is 6.00. The minimum atomic E-state index is -0.552. The Bertz CT molecular complexity index is 952. The number of rotatable bonds is 1. The van der Waals surface area contributed by atoms with Crippen molar-refractivity contribution in [2.75, 3.05) is 13.1 Å². The van der Waals surface area contributed by atoms with Gasteiger partial charge in [0.15, 0.2) is 0 Å². The van der Waals surface area contributed by atoms with Crippen LogP contribution in [0.3, 0.4) is 0 Å². The van der Waals surface area contributed by atoms with Crippen molar-refractivity contribution in [3.63, 3.8) is 0 Å². The Hall–Kier alpha value is -2.62. The number of amides is 1. The maximum Gasteiger partial charge on any atom is 0.349 e. The normalized spacial score (nSPS) is 15.2. The van der Waals surface area contributed by atoms with E-state index in [-0.39, 0.29) is 11.5 Å². The molecule has 0 bridgehead atoms. The predicted molar refractivity (Wildman–Crippen MR) is 89.7 cm³/mol. The third kappa shape index (κ3) is 2.40. The zero-order valence-electron chi connectivity index (χ0n) is 12.7. The van der Waals surface area contributed by atoms with E-state index < -0.39 is 5.63 Å². The van der Waals surface area contributed by atoms with Gasteiger partial charge < -0.3 is 9.32 Å². The number of hydrogen-bond acceptors (Lipinski definition) is 3. The molecule has 0 saturated carbocycles. The first-order valence-corrected chi connectivity index (χ1v) is 7.99. The molecule has 3 aromatic rings. The first-order chi connectivity index (χ1) is 11.2. The van der Waals surface area contributed by atoms with Crippen LogP contribution in [-0.4, -0.2) is 23.9 Å². The van der Waals surface area contributed by atoms with Crippen LogP contribution in [-0.2, 0) is 0 Å². The highest BCUT2D eigenvalue weighted by Crippen LogP contribution is 2.25. The molecule has 23 heavy (non-hydrogen) atoms. The summed E-state index contributed by atoms with van der Waals surface area (Å²) in [6, 6.07) is 13.3. The molecule has 4 heteroatoms. The van der Waals surface area contributed by atoms with Crippen LogP contribution in [0, 0.1) is 0 Å². The lowest BCUT2D eigenvalue weighted by Gasteiger charge is -2.26. The summed E-state index contributed by atoms with van der Waals surface area (Å²) >= 11 is 0. The third-order valence-corrected chi connectivity index (χ3v) is 4.52. The molecule has 4 rings (SSSR count). The van der Waals surface area contributed by atoms with Crippen molar-refractivity contribution < 1.29 is 9.21 Å². The maximum atomic E-state index is 12.7. The van der Waals surface area contributed by atoms with Crippen LogP contribution < -0.4 is 5.63 Å². The summed E-state index contributed by atoms with van der Waals surface area (Å²) in [5.41, 5.74) is 0.100. The molecular formula is C19H17NO3. The van der Waals surface area contributed by atoms with E-state index in [1.54, 1.807) is 17.0 Å². The van der Waals surface area contributed by atoms with E-state index >= 15 is 0 Å². The average molecular weight is 307 g/mol. The van der Waals surface area contributed by atoms with E-state index in [0.29, 0.717) is 18.7 Å². The van der Waals surface area contributed by atoms with Crippen LogP contribution in [0.5, 0.6) is 0 Å². The summed E-state index contributed by atoms with van der Waals surface area (Å²) in [4.78, 5) is 26.7. The van der Waals surface area contributed by atoms with Crippen molar-refractivity contribution in [2.45, 2.75) is 19.3 Å². The maximum absolute atomic E-state index is 12.7. The highest BCUT2D eigenvalue weighted by Gasteiger charge is 2.22. The number of likely N-dealkylation sites (tertiary alicyclic amines) is 1. The van der Waals surface area contributed by atoms with Gasteiger partial charge in [-0.3, -0.25) is 4.79 Å².